The van der Waals surface area contributed by atoms with Gasteiger partial charge in [0.05, 0.1) is 5.52 Å². The van der Waals surface area contributed by atoms with Gasteiger partial charge in [-0.25, -0.2) is 8.78 Å². The molecule has 3 N–H and O–H groups in total. The van der Waals surface area contributed by atoms with Crippen LogP contribution in [0.15, 0.2) is 48.7 Å². The van der Waals surface area contributed by atoms with Crippen LogP contribution in [0, 0.1) is 11.6 Å². The summed E-state index contributed by atoms with van der Waals surface area (Å²) in [6, 6.07) is 11.1. The Bertz CT molecular complexity index is 759. The van der Waals surface area contributed by atoms with E-state index in [1.54, 1.807) is 24.4 Å². The summed E-state index contributed by atoms with van der Waals surface area (Å²) in [4.78, 5) is 4.19. The first-order valence-corrected chi connectivity index (χ1v) is 6.00. The van der Waals surface area contributed by atoms with Crippen molar-refractivity contribution in [2.24, 2.45) is 0 Å². The zero-order valence-electron chi connectivity index (χ0n) is 10.4. The van der Waals surface area contributed by atoms with Gasteiger partial charge in [-0.1, -0.05) is 6.07 Å². The van der Waals surface area contributed by atoms with Gasteiger partial charge in [0, 0.05) is 23.0 Å². The van der Waals surface area contributed by atoms with E-state index in [4.69, 9.17) is 5.73 Å². The molecule has 5 heteroatoms. The van der Waals surface area contributed by atoms with E-state index < -0.39 is 11.6 Å². The highest BCUT2D eigenvalue weighted by Crippen LogP contribution is 2.29. The number of benzene rings is 2. The van der Waals surface area contributed by atoms with Crippen LogP contribution < -0.4 is 11.1 Å². The SMILES string of the molecule is Nc1cc(F)c(Nc2cccc3ncccc23)c(F)c1. The molecule has 0 aliphatic carbocycles. The average molecular weight is 271 g/mol. The molecule has 1 aromatic heterocycles. The van der Waals surface area contributed by atoms with Gasteiger partial charge < -0.3 is 11.1 Å². The Morgan fingerprint density at radius 2 is 1.75 bits per heavy atom. The van der Waals surface area contributed by atoms with Gasteiger partial charge in [0.15, 0.2) is 11.6 Å². The van der Waals surface area contributed by atoms with E-state index in [1.807, 2.05) is 12.1 Å². The third-order valence-corrected chi connectivity index (χ3v) is 2.97. The maximum atomic E-state index is 13.8. The van der Waals surface area contributed by atoms with Crippen LogP contribution in [0.2, 0.25) is 0 Å². The number of aromatic nitrogens is 1. The van der Waals surface area contributed by atoms with Gasteiger partial charge in [0.1, 0.15) is 5.69 Å². The predicted octanol–water partition coefficient (Wildman–Crippen LogP) is 3.84. The van der Waals surface area contributed by atoms with Crippen molar-refractivity contribution in [3.8, 4) is 0 Å². The molecular formula is C15H11F2N3. The summed E-state index contributed by atoms with van der Waals surface area (Å²) in [5.41, 5.74) is 6.54. The van der Waals surface area contributed by atoms with Crippen LogP contribution >= 0.6 is 0 Å². The van der Waals surface area contributed by atoms with Crippen LogP contribution in [0.1, 0.15) is 0 Å². The van der Waals surface area contributed by atoms with Crippen molar-refractivity contribution in [1.29, 1.82) is 0 Å². The van der Waals surface area contributed by atoms with Crippen molar-refractivity contribution >= 4 is 28.0 Å². The van der Waals surface area contributed by atoms with Crippen LogP contribution in [0.25, 0.3) is 10.9 Å². The van der Waals surface area contributed by atoms with Crippen molar-refractivity contribution in [3.63, 3.8) is 0 Å². The topological polar surface area (TPSA) is 50.9 Å². The van der Waals surface area contributed by atoms with Crippen LogP contribution in [-0.2, 0) is 0 Å². The second kappa shape index (κ2) is 4.77. The lowest BCUT2D eigenvalue weighted by atomic mass is 10.1. The standard InChI is InChI=1S/C15H11F2N3/c16-11-7-9(18)8-12(17)15(11)20-14-5-1-4-13-10(14)3-2-6-19-13/h1-8,20H,18H2. The van der Waals surface area contributed by atoms with Crippen LogP contribution in [0.4, 0.5) is 25.8 Å². The number of nitrogens with two attached hydrogens (primary N) is 1. The average Bonchev–Trinajstić information content (AvgIpc) is 2.43. The van der Waals surface area contributed by atoms with Crippen molar-refractivity contribution < 1.29 is 8.78 Å². The van der Waals surface area contributed by atoms with E-state index in [2.05, 4.69) is 10.3 Å². The summed E-state index contributed by atoms with van der Waals surface area (Å²) in [6.45, 7) is 0. The number of hydrogen-bond donors (Lipinski definition) is 2. The fraction of sp³-hybridized carbons (Fsp3) is 0. The molecule has 0 fully saturated rings. The summed E-state index contributed by atoms with van der Waals surface area (Å²) < 4.78 is 27.6. The fourth-order valence-electron chi connectivity index (χ4n) is 2.06. The zero-order valence-corrected chi connectivity index (χ0v) is 10.4. The number of nitrogen functional groups attached to an aromatic ring is 1. The van der Waals surface area contributed by atoms with Crippen molar-refractivity contribution in [2.45, 2.75) is 0 Å². The van der Waals surface area contributed by atoms with Crippen molar-refractivity contribution in [3.05, 3.63) is 60.3 Å². The lowest BCUT2D eigenvalue weighted by molar-refractivity contribution is 0.592. The van der Waals surface area contributed by atoms with Crippen molar-refractivity contribution in [1.82, 2.24) is 4.98 Å². The quantitative estimate of drug-likeness (QED) is 0.696. The van der Waals surface area contributed by atoms with Gasteiger partial charge in [-0.3, -0.25) is 4.98 Å². The molecule has 0 saturated heterocycles. The molecule has 0 bridgehead atoms. The second-order valence-electron chi connectivity index (χ2n) is 4.36. The first-order chi connectivity index (χ1) is 9.65. The number of pyridine rings is 1. The van der Waals surface area contributed by atoms with Gasteiger partial charge in [-0.05, 0) is 36.4 Å². The van der Waals surface area contributed by atoms with Gasteiger partial charge in [0.2, 0.25) is 0 Å². The zero-order chi connectivity index (χ0) is 14.1. The van der Waals surface area contributed by atoms with Gasteiger partial charge >= 0.3 is 0 Å². The molecule has 0 saturated carbocycles. The van der Waals surface area contributed by atoms with Crippen molar-refractivity contribution in [2.75, 3.05) is 11.1 Å². The monoisotopic (exact) mass is 271 g/mol. The Hall–Kier alpha value is -2.69. The highest BCUT2D eigenvalue weighted by molar-refractivity contribution is 5.93. The number of nitrogens with one attached hydrogen (secondary N) is 1. The fourth-order valence-corrected chi connectivity index (χ4v) is 2.06. The number of rotatable bonds is 2. The molecule has 3 rings (SSSR count). The minimum absolute atomic E-state index is 0.0464. The van der Waals surface area contributed by atoms with E-state index >= 15 is 0 Å². The number of hydrogen-bond acceptors (Lipinski definition) is 3. The molecule has 0 radical (unpaired) electrons. The van der Waals surface area contributed by atoms with Gasteiger partial charge in [0.25, 0.3) is 0 Å². The molecule has 0 aliphatic rings. The Morgan fingerprint density at radius 1 is 1.00 bits per heavy atom. The number of anilines is 3. The molecule has 20 heavy (non-hydrogen) atoms. The lowest BCUT2D eigenvalue weighted by Crippen LogP contribution is -2.00. The molecule has 1 heterocycles. The highest BCUT2D eigenvalue weighted by atomic mass is 19.1. The summed E-state index contributed by atoms with van der Waals surface area (Å²) in [7, 11) is 0. The number of fused-ring (bicyclic) bond motifs is 1. The summed E-state index contributed by atoms with van der Waals surface area (Å²) in [5, 5.41) is 3.55. The first kappa shape index (κ1) is 12.3. The normalized spacial score (nSPS) is 10.7. The Kier molecular flexibility index (Phi) is 2.95. The summed E-state index contributed by atoms with van der Waals surface area (Å²) in [5.74, 6) is -1.47. The second-order valence-corrected chi connectivity index (χ2v) is 4.36. The van der Waals surface area contributed by atoms with Crippen LogP contribution in [-0.4, -0.2) is 4.98 Å². The molecular weight excluding hydrogens is 260 g/mol. The molecule has 100 valence electrons. The minimum atomic E-state index is -0.733. The number of halogens is 2. The van der Waals surface area contributed by atoms with E-state index in [0.29, 0.717) is 5.69 Å². The molecule has 0 spiro atoms. The molecule has 0 amide bonds. The third kappa shape index (κ3) is 2.14. The minimum Gasteiger partial charge on any atom is -0.399 e. The van der Waals surface area contributed by atoms with Crippen LogP contribution in [0.3, 0.4) is 0 Å². The predicted molar refractivity (Wildman–Crippen MR) is 75.8 cm³/mol. The lowest BCUT2D eigenvalue weighted by Gasteiger charge is -2.11. The molecule has 0 aliphatic heterocycles. The molecule has 3 nitrogen and oxygen atoms in total. The largest absolute Gasteiger partial charge is 0.399 e. The van der Waals surface area contributed by atoms with Gasteiger partial charge in [-0.2, -0.15) is 0 Å². The summed E-state index contributed by atoms with van der Waals surface area (Å²) in [6.07, 6.45) is 1.66. The molecule has 0 unspecified atom stereocenters. The maximum absolute atomic E-state index is 13.8. The highest BCUT2D eigenvalue weighted by Gasteiger charge is 2.11. The smallest absolute Gasteiger partial charge is 0.151 e. The Labute approximate surface area is 114 Å². The van der Waals surface area contributed by atoms with E-state index in [0.717, 1.165) is 23.0 Å². The third-order valence-electron chi connectivity index (χ3n) is 2.97. The maximum Gasteiger partial charge on any atom is 0.151 e. The van der Waals surface area contributed by atoms with E-state index in [9.17, 15) is 8.78 Å². The van der Waals surface area contributed by atoms with E-state index in [1.165, 1.54) is 0 Å². The van der Waals surface area contributed by atoms with Crippen LogP contribution in [0.5, 0.6) is 0 Å². The Balaban J connectivity index is 2.10. The molecule has 0 atom stereocenters. The van der Waals surface area contributed by atoms with Gasteiger partial charge in [-0.15, -0.1) is 0 Å². The number of nitrogens with zero attached hydrogens (tertiary/aromatic N) is 1. The Morgan fingerprint density at radius 3 is 2.50 bits per heavy atom. The molecule has 2 aromatic carbocycles. The summed E-state index contributed by atoms with van der Waals surface area (Å²) >= 11 is 0. The van der Waals surface area contributed by atoms with E-state index in [-0.39, 0.29) is 11.4 Å². The first-order valence-electron chi connectivity index (χ1n) is 6.00. The molecule has 3 aromatic rings.